The minimum atomic E-state index is -4.84. The fourth-order valence-electron chi connectivity index (χ4n) is 1.72. The first-order chi connectivity index (χ1) is 9.85. The quantitative estimate of drug-likeness (QED) is 0.927. The van der Waals surface area contributed by atoms with Crippen LogP contribution in [0.15, 0.2) is 24.3 Å². The monoisotopic (exact) mass is 320 g/mol. The molecule has 2 rings (SSSR count). The van der Waals surface area contributed by atoms with E-state index in [1.807, 2.05) is 0 Å². The van der Waals surface area contributed by atoms with E-state index in [0.29, 0.717) is 12.3 Å². The zero-order chi connectivity index (χ0) is 15.5. The van der Waals surface area contributed by atoms with Crippen LogP contribution in [-0.4, -0.2) is 41.3 Å². The molecule has 114 valence electrons. The molecule has 9 heteroatoms. The van der Waals surface area contributed by atoms with Crippen LogP contribution in [0.3, 0.4) is 0 Å². The van der Waals surface area contributed by atoms with Crippen molar-refractivity contribution in [3.8, 4) is 5.75 Å². The highest BCUT2D eigenvalue weighted by Gasteiger charge is 2.32. The second kappa shape index (κ2) is 6.25. The first-order valence-electron chi connectivity index (χ1n) is 5.91. The van der Waals surface area contributed by atoms with Crippen LogP contribution in [-0.2, 0) is 4.79 Å². The van der Waals surface area contributed by atoms with Crippen molar-refractivity contribution in [3.63, 3.8) is 0 Å². The Morgan fingerprint density at radius 1 is 1.38 bits per heavy atom. The number of alkyl halides is 3. The van der Waals surface area contributed by atoms with Gasteiger partial charge < -0.3 is 15.0 Å². The lowest BCUT2D eigenvalue weighted by molar-refractivity contribution is -0.274. The van der Waals surface area contributed by atoms with Crippen LogP contribution < -0.4 is 10.1 Å². The number of nitrogens with zero attached hydrogens (tertiary/aromatic N) is 1. The van der Waals surface area contributed by atoms with Gasteiger partial charge in [0, 0.05) is 12.3 Å². The van der Waals surface area contributed by atoms with Crippen LogP contribution in [0.25, 0.3) is 0 Å². The van der Waals surface area contributed by atoms with E-state index < -0.39 is 18.0 Å². The fraction of sp³-hybridized carbons (Fsp3) is 0.333. The molecule has 1 aromatic rings. The maximum Gasteiger partial charge on any atom is 0.573 e. The molecule has 1 heterocycles. The molecule has 0 bridgehead atoms. The molecule has 0 aromatic heterocycles. The van der Waals surface area contributed by atoms with Crippen molar-refractivity contribution in [2.24, 2.45) is 0 Å². The summed E-state index contributed by atoms with van der Waals surface area (Å²) in [5, 5.41) is 2.10. The molecule has 1 fully saturated rings. The van der Waals surface area contributed by atoms with Gasteiger partial charge in [-0.05, 0) is 12.1 Å². The van der Waals surface area contributed by atoms with E-state index in [-0.39, 0.29) is 17.5 Å². The predicted octanol–water partition coefficient (Wildman–Crippen LogP) is 2.69. The van der Waals surface area contributed by atoms with Crippen LogP contribution in [0.5, 0.6) is 5.75 Å². The standard InChI is InChI=1S/C12H11F3N2O3S/c13-12(14,15)20-9-4-2-1-3-8(9)16-10(18)7-17-5-6-21-11(17)19/h1-4H,5-7H2,(H,16,18). The van der Waals surface area contributed by atoms with Gasteiger partial charge in [0.25, 0.3) is 5.24 Å². The van der Waals surface area contributed by atoms with Gasteiger partial charge in [-0.25, -0.2) is 0 Å². The van der Waals surface area contributed by atoms with Gasteiger partial charge in [0.2, 0.25) is 5.91 Å². The lowest BCUT2D eigenvalue weighted by Crippen LogP contribution is -2.33. The number of ether oxygens (including phenoxy) is 1. The lowest BCUT2D eigenvalue weighted by atomic mass is 10.3. The van der Waals surface area contributed by atoms with Gasteiger partial charge in [0.05, 0.1) is 5.69 Å². The summed E-state index contributed by atoms with van der Waals surface area (Å²) in [7, 11) is 0. The molecular weight excluding hydrogens is 309 g/mol. The number of thioether (sulfide) groups is 1. The van der Waals surface area contributed by atoms with E-state index in [4.69, 9.17) is 0 Å². The number of hydrogen-bond acceptors (Lipinski definition) is 4. The third kappa shape index (κ3) is 4.55. The van der Waals surface area contributed by atoms with Crippen molar-refractivity contribution in [2.45, 2.75) is 6.36 Å². The smallest absolute Gasteiger partial charge is 0.404 e. The van der Waals surface area contributed by atoms with Gasteiger partial charge in [0.1, 0.15) is 6.54 Å². The second-order valence-corrected chi connectivity index (χ2v) is 5.17. The summed E-state index contributed by atoms with van der Waals surface area (Å²) in [6.07, 6.45) is -4.84. The number of amides is 2. The van der Waals surface area contributed by atoms with Crippen molar-refractivity contribution in [1.82, 2.24) is 4.90 Å². The summed E-state index contributed by atoms with van der Waals surface area (Å²) in [5.41, 5.74) is -0.0980. The first kappa shape index (κ1) is 15.5. The summed E-state index contributed by atoms with van der Waals surface area (Å²) in [6, 6.07) is 5.21. The number of anilines is 1. The number of carbonyl (C=O) groups is 2. The molecule has 2 amide bonds. The van der Waals surface area contributed by atoms with Gasteiger partial charge in [0.15, 0.2) is 5.75 Å². The van der Waals surface area contributed by atoms with Crippen LogP contribution in [0.4, 0.5) is 23.7 Å². The highest BCUT2D eigenvalue weighted by molar-refractivity contribution is 8.13. The summed E-state index contributed by atoms with van der Waals surface area (Å²) in [6.45, 7) is 0.240. The molecule has 1 saturated heterocycles. The summed E-state index contributed by atoms with van der Waals surface area (Å²) in [5.74, 6) is -0.482. The average molecular weight is 320 g/mol. The van der Waals surface area contributed by atoms with Crippen molar-refractivity contribution < 1.29 is 27.5 Å². The molecule has 0 saturated carbocycles. The minimum absolute atomic E-state index is 0.0980. The van der Waals surface area contributed by atoms with Crippen LogP contribution in [0, 0.1) is 0 Å². The Hall–Kier alpha value is -1.90. The Morgan fingerprint density at radius 2 is 2.10 bits per heavy atom. The number of halogens is 3. The van der Waals surface area contributed by atoms with Gasteiger partial charge in [-0.15, -0.1) is 13.2 Å². The molecule has 1 aromatic carbocycles. The van der Waals surface area contributed by atoms with Gasteiger partial charge >= 0.3 is 6.36 Å². The van der Waals surface area contributed by atoms with Gasteiger partial charge in [-0.3, -0.25) is 9.59 Å². The Labute approximate surface area is 122 Å². The normalized spacial score (nSPS) is 15.2. The van der Waals surface area contributed by atoms with Crippen LogP contribution in [0.1, 0.15) is 0 Å². The van der Waals surface area contributed by atoms with E-state index in [0.717, 1.165) is 17.8 Å². The van der Waals surface area contributed by atoms with Crippen LogP contribution >= 0.6 is 11.8 Å². The maximum absolute atomic E-state index is 12.2. The lowest BCUT2D eigenvalue weighted by Gasteiger charge is -2.16. The Bertz CT molecular complexity index is 551. The highest BCUT2D eigenvalue weighted by atomic mass is 32.2. The largest absolute Gasteiger partial charge is 0.573 e. The van der Waals surface area contributed by atoms with Crippen molar-refractivity contribution in [3.05, 3.63) is 24.3 Å². The molecule has 21 heavy (non-hydrogen) atoms. The molecule has 0 radical (unpaired) electrons. The third-order valence-corrected chi connectivity index (χ3v) is 3.46. The van der Waals surface area contributed by atoms with Crippen molar-refractivity contribution in [1.29, 1.82) is 0 Å². The molecule has 1 N–H and O–H groups in total. The first-order valence-corrected chi connectivity index (χ1v) is 6.90. The zero-order valence-electron chi connectivity index (χ0n) is 10.6. The number of benzene rings is 1. The SMILES string of the molecule is O=C(CN1CCSC1=O)Nc1ccccc1OC(F)(F)F. The molecule has 1 aliphatic heterocycles. The summed E-state index contributed by atoms with van der Waals surface area (Å²) < 4.78 is 40.6. The fourth-order valence-corrected chi connectivity index (χ4v) is 2.54. The number of carbonyl (C=O) groups excluding carboxylic acids is 2. The van der Waals surface area contributed by atoms with Crippen LogP contribution in [0.2, 0.25) is 0 Å². The predicted molar refractivity (Wildman–Crippen MR) is 71.2 cm³/mol. The third-order valence-electron chi connectivity index (χ3n) is 2.57. The zero-order valence-corrected chi connectivity index (χ0v) is 11.5. The van der Waals surface area contributed by atoms with Crippen molar-refractivity contribution in [2.75, 3.05) is 24.2 Å². The molecular formula is C12H11F3N2O3S. The Balaban J connectivity index is 2.02. The Morgan fingerprint density at radius 3 is 2.71 bits per heavy atom. The van der Waals surface area contributed by atoms with E-state index in [9.17, 15) is 22.8 Å². The number of hydrogen-bond donors (Lipinski definition) is 1. The highest BCUT2D eigenvalue weighted by Crippen LogP contribution is 2.30. The van der Waals surface area contributed by atoms with Gasteiger partial charge in [-0.2, -0.15) is 0 Å². The molecule has 1 aliphatic rings. The minimum Gasteiger partial charge on any atom is -0.404 e. The second-order valence-electron chi connectivity index (χ2n) is 4.13. The number of rotatable bonds is 4. The van der Waals surface area contributed by atoms with E-state index in [1.54, 1.807) is 0 Å². The van der Waals surface area contributed by atoms with E-state index in [1.165, 1.54) is 23.1 Å². The topological polar surface area (TPSA) is 58.6 Å². The molecule has 0 unspecified atom stereocenters. The Kier molecular flexibility index (Phi) is 4.61. The van der Waals surface area contributed by atoms with Gasteiger partial charge in [-0.1, -0.05) is 23.9 Å². The molecule has 0 atom stereocenters. The molecule has 5 nitrogen and oxygen atoms in total. The maximum atomic E-state index is 12.2. The molecule has 0 spiro atoms. The van der Waals surface area contributed by atoms with E-state index >= 15 is 0 Å². The number of nitrogens with one attached hydrogen (secondary N) is 1. The van der Waals surface area contributed by atoms with Crippen molar-refractivity contribution >= 4 is 28.6 Å². The van der Waals surface area contributed by atoms with E-state index in [2.05, 4.69) is 10.1 Å². The molecule has 0 aliphatic carbocycles. The number of para-hydroxylation sites is 2. The summed E-state index contributed by atoms with van der Waals surface area (Å²) in [4.78, 5) is 24.5. The average Bonchev–Trinajstić information content (AvgIpc) is 2.76. The summed E-state index contributed by atoms with van der Waals surface area (Å²) >= 11 is 1.10.